The van der Waals surface area contributed by atoms with Crippen LogP contribution in [0.2, 0.25) is 0 Å². The Bertz CT molecular complexity index is 655. The van der Waals surface area contributed by atoms with E-state index in [1.165, 1.54) is 16.0 Å². The summed E-state index contributed by atoms with van der Waals surface area (Å²) in [5.41, 5.74) is 3.95. The lowest BCUT2D eigenvalue weighted by Gasteiger charge is -2.30. The molecule has 0 fully saturated rings. The Kier molecular flexibility index (Phi) is 5.43. The summed E-state index contributed by atoms with van der Waals surface area (Å²) in [7, 11) is 0. The number of hydrogen-bond donors (Lipinski definition) is 2. The summed E-state index contributed by atoms with van der Waals surface area (Å²) in [6, 6.07) is 8.61. The molecule has 0 radical (unpaired) electrons. The normalized spacial score (nSPS) is 16.3. The van der Waals surface area contributed by atoms with Crippen LogP contribution >= 0.6 is 11.3 Å². The van der Waals surface area contributed by atoms with Crippen LogP contribution in [0.4, 0.5) is 0 Å². The largest absolute Gasteiger partial charge is 0.390 e. The monoisotopic (exact) mass is 331 g/mol. The van der Waals surface area contributed by atoms with E-state index in [4.69, 9.17) is 0 Å². The zero-order chi connectivity index (χ0) is 16.2. The van der Waals surface area contributed by atoms with Gasteiger partial charge in [-0.15, -0.1) is 11.3 Å². The molecule has 124 valence electrons. The molecule has 0 amide bonds. The molecule has 0 bridgehead atoms. The second-order valence-electron chi connectivity index (χ2n) is 6.28. The number of aryl methyl sites for hydroxylation is 2. The van der Waals surface area contributed by atoms with Crippen LogP contribution in [0.5, 0.6) is 0 Å². The zero-order valence-corrected chi connectivity index (χ0v) is 14.7. The number of aliphatic hydroxyl groups is 1. The molecule has 5 heteroatoms. The first-order chi connectivity index (χ1) is 11.1. The van der Waals surface area contributed by atoms with E-state index in [1.54, 1.807) is 11.3 Å². The maximum absolute atomic E-state index is 10.3. The third-order valence-corrected chi connectivity index (χ3v) is 5.42. The fourth-order valence-electron chi connectivity index (χ4n) is 3.16. The predicted octanol–water partition coefficient (Wildman–Crippen LogP) is 2.27. The van der Waals surface area contributed by atoms with Crippen molar-refractivity contribution < 1.29 is 5.11 Å². The number of thiazole rings is 1. The van der Waals surface area contributed by atoms with Crippen LogP contribution in [0.3, 0.4) is 0 Å². The van der Waals surface area contributed by atoms with Gasteiger partial charge in [0.1, 0.15) is 0 Å². The van der Waals surface area contributed by atoms with Crippen molar-refractivity contribution in [3.05, 3.63) is 51.0 Å². The van der Waals surface area contributed by atoms with Gasteiger partial charge in [0.25, 0.3) is 0 Å². The van der Waals surface area contributed by atoms with E-state index in [2.05, 4.69) is 39.5 Å². The Morgan fingerprint density at radius 1 is 1.30 bits per heavy atom. The summed E-state index contributed by atoms with van der Waals surface area (Å²) >= 11 is 1.73. The summed E-state index contributed by atoms with van der Waals surface area (Å²) in [6.07, 6.45) is 0.741. The first kappa shape index (κ1) is 16.6. The number of hydrogen-bond acceptors (Lipinski definition) is 5. The Hall–Kier alpha value is -1.27. The van der Waals surface area contributed by atoms with Crippen molar-refractivity contribution in [1.29, 1.82) is 0 Å². The minimum atomic E-state index is -0.338. The van der Waals surface area contributed by atoms with Gasteiger partial charge < -0.3 is 10.4 Å². The van der Waals surface area contributed by atoms with E-state index >= 15 is 0 Å². The summed E-state index contributed by atoms with van der Waals surface area (Å²) in [5.74, 6) is 0. The average Bonchev–Trinajstić information content (AvgIpc) is 2.85. The van der Waals surface area contributed by atoms with Crippen LogP contribution < -0.4 is 5.32 Å². The number of nitrogens with one attached hydrogen (secondary N) is 1. The standard InChI is InChI=1S/C18H25N3OS/c1-13-18(23-14(2)20-13)10-19-9-17(22)12-21-8-7-15-5-3-4-6-16(15)11-21/h3-6,17,19,22H,7-12H2,1-2H3/t17-/m1/s1. The molecule has 1 aliphatic rings. The molecule has 2 N–H and O–H groups in total. The fraction of sp³-hybridized carbons (Fsp3) is 0.500. The van der Waals surface area contributed by atoms with Crippen molar-refractivity contribution in [1.82, 2.24) is 15.2 Å². The second kappa shape index (κ2) is 7.53. The first-order valence-electron chi connectivity index (χ1n) is 8.22. The maximum Gasteiger partial charge on any atom is 0.0900 e. The van der Waals surface area contributed by atoms with Crippen LogP contribution in [0.1, 0.15) is 26.7 Å². The average molecular weight is 331 g/mol. The van der Waals surface area contributed by atoms with Gasteiger partial charge in [0.15, 0.2) is 0 Å². The topological polar surface area (TPSA) is 48.4 Å². The molecule has 0 saturated heterocycles. The smallest absolute Gasteiger partial charge is 0.0900 e. The molecule has 3 rings (SSSR count). The lowest BCUT2D eigenvalue weighted by molar-refractivity contribution is 0.104. The van der Waals surface area contributed by atoms with Gasteiger partial charge in [0.05, 0.1) is 16.8 Å². The molecular formula is C18H25N3OS. The van der Waals surface area contributed by atoms with E-state index in [0.29, 0.717) is 6.54 Å². The predicted molar refractivity (Wildman–Crippen MR) is 94.7 cm³/mol. The van der Waals surface area contributed by atoms with Crippen molar-refractivity contribution >= 4 is 11.3 Å². The molecule has 4 nitrogen and oxygen atoms in total. The second-order valence-corrected chi connectivity index (χ2v) is 7.57. The Morgan fingerprint density at radius 3 is 2.83 bits per heavy atom. The van der Waals surface area contributed by atoms with Crippen molar-refractivity contribution in [2.24, 2.45) is 0 Å². The van der Waals surface area contributed by atoms with Gasteiger partial charge >= 0.3 is 0 Å². The molecule has 0 unspecified atom stereocenters. The number of nitrogens with zero attached hydrogens (tertiary/aromatic N) is 2. The van der Waals surface area contributed by atoms with Gasteiger partial charge in [-0.1, -0.05) is 24.3 Å². The number of rotatable bonds is 6. The highest BCUT2D eigenvalue weighted by Gasteiger charge is 2.18. The van der Waals surface area contributed by atoms with E-state index in [9.17, 15) is 5.11 Å². The third-order valence-electron chi connectivity index (χ3n) is 4.34. The van der Waals surface area contributed by atoms with Gasteiger partial charge in [-0.05, 0) is 31.4 Å². The van der Waals surface area contributed by atoms with E-state index in [0.717, 1.165) is 43.3 Å². The number of aliphatic hydroxyl groups excluding tert-OH is 1. The molecule has 0 saturated carbocycles. The minimum absolute atomic E-state index is 0.338. The number of aromatic nitrogens is 1. The number of fused-ring (bicyclic) bond motifs is 1. The van der Waals surface area contributed by atoms with Crippen LogP contribution in [0.25, 0.3) is 0 Å². The molecule has 2 heterocycles. The molecule has 0 spiro atoms. The van der Waals surface area contributed by atoms with Crippen LogP contribution in [-0.2, 0) is 19.5 Å². The molecule has 1 aromatic carbocycles. The van der Waals surface area contributed by atoms with E-state index in [1.807, 2.05) is 13.8 Å². The number of benzene rings is 1. The highest BCUT2D eigenvalue weighted by atomic mass is 32.1. The Balaban J connectivity index is 1.43. The quantitative estimate of drug-likeness (QED) is 0.852. The van der Waals surface area contributed by atoms with E-state index in [-0.39, 0.29) is 6.10 Å². The van der Waals surface area contributed by atoms with Crippen molar-refractivity contribution in [3.8, 4) is 0 Å². The van der Waals surface area contributed by atoms with Gasteiger partial charge in [-0.25, -0.2) is 4.98 Å². The first-order valence-corrected chi connectivity index (χ1v) is 9.04. The summed E-state index contributed by atoms with van der Waals surface area (Å²) in [6.45, 7) is 8.18. The number of β-amino-alcohol motifs (C(OH)–C–C–N with tert-alkyl or cyclic N) is 1. The summed E-state index contributed by atoms with van der Waals surface area (Å²) in [5, 5.41) is 14.7. The van der Waals surface area contributed by atoms with Crippen LogP contribution in [-0.4, -0.2) is 40.7 Å². The highest BCUT2D eigenvalue weighted by Crippen LogP contribution is 2.19. The van der Waals surface area contributed by atoms with Gasteiger partial charge in [0.2, 0.25) is 0 Å². The molecule has 0 aliphatic carbocycles. The zero-order valence-electron chi connectivity index (χ0n) is 13.9. The Morgan fingerprint density at radius 2 is 2.09 bits per heavy atom. The van der Waals surface area contributed by atoms with E-state index < -0.39 is 0 Å². The minimum Gasteiger partial charge on any atom is -0.390 e. The van der Waals surface area contributed by atoms with Gasteiger partial charge in [-0.2, -0.15) is 0 Å². The summed E-state index contributed by atoms with van der Waals surface area (Å²) < 4.78 is 0. The molecule has 2 aromatic rings. The van der Waals surface area contributed by atoms with Crippen LogP contribution in [0, 0.1) is 13.8 Å². The van der Waals surface area contributed by atoms with Crippen LogP contribution in [0.15, 0.2) is 24.3 Å². The lowest BCUT2D eigenvalue weighted by atomic mass is 10.00. The third kappa shape index (κ3) is 4.38. The maximum atomic E-state index is 10.3. The van der Waals surface area contributed by atoms with Crippen molar-refractivity contribution in [2.75, 3.05) is 19.6 Å². The van der Waals surface area contributed by atoms with Gasteiger partial charge in [0, 0.05) is 37.6 Å². The molecule has 1 aromatic heterocycles. The fourth-order valence-corrected chi connectivity index (χ4v) is 4.07. The molecule has 1 aliphatic heterocycles. The van der Waals surface area contributed by atoms with Crippen molar-refractivity contribution in [3.63, 3.8) is 0 Å². The molecular weight excluding hydrogens is 306 g/mol. The molecule has 23 heavy (non-hydrogen) atoms. The molecule has 1 atom stereocenters. The Labute approximate surface area is 142 Å². The lowest BCUT2D eigenvalue weighted by Crippen LogP contribution is -2.40. The highest BCUT2D eigenvalue weighted by molar-refractivity contribution is 7.11. The van der Waals surface area contributed by atoms with Crippen molar-refractivity contribution in [2.45, 2.75) is 39.5 Å². The van der Waals surface area contributed by atoms with Gasteiger partial charge in [-0.3, -0.25) is 4.90 Å². The summed E-state index contributed by atoms with van der Waals surface area (Å²) in [4.78, 5) is 8.04. The SMILES string of the molecule is Cc1nc(C)c(CNC[C@@H](O)CN2CCc3ccccc3C2)s1.